The van der Waals surface area contributed by atoms with Crippen molar-refractivity contribution in [3.05, 3.63) is 131 Å². The average molecular weight is 508 g/mol. The van der Waals surface area contributed by atoms with Crippen LogP contribution in [0.15, 0.2) is 114 Å². The third-order valence-corrected chi connectivity index (χ3v) is 6.17. The van der Waals surface area contributed by atoms with E-state index in [0.29, 0.717) is 39.1 Å². The van der Waals surface area contributed by atoms with Crippen LogP contribution in [0.5, 0.6) is 5.75 Å². The zero-order chi connectivity index (χ0) is 25.8. The second-order valence-electron chi connectivity index (χ2n) is 8.22. The van der Waals surface area contributed by atoms with Crippen LogP contribution in [0.1, 0.15) is 21.5 Å². The number of aliphatic imine (C=N–C) groups is 1. The molecule has 0 radical (unpaired) electrons. The van der Waals surface area contributed by atoms with E-state index in [-0.39, 0.29) is 17.5 Å². The maximum atomic E-state index is 13.5. The van der Waals surface area contributed by atoms with Crippen LogP contribution in [-0.2, 0) is 4.79 Å². The van der Waals surface area contributed by atoms with Gasteiger partial charge in [0.05, 0.1) is 12.8 Å². The van der Waals surface area contributed by atoms with Gasteiger partial charge in [-0.2, -0.15) is 0 Å². The van der Waals surface area contributed by atoms with Crippen molar-refractivity contribution in [2.45, 2.75) is 0 Å². The van der Waals surface area contributed by atoms with Gasteiger partial charge in [0.2, 0.25) is 0 Å². The summed E-state index contributed by atoms with van der Waals surface area (Å²) in [6.07, 6.45) is 1.68. The number of rotatable bonds is 6. The molecule has 0 saturated heterocycles. The van der Waals surface area contributed by atoms with Gasteiger partial charge in [0.15, 0.2) is 0 Å². The minimum absolute atomic E-state index is 0.263. The molecule has 1 heterocycles. The summed E-state index contributed by atoms with van der Waals surface area (Å²) in [5.41, 5.74) is 3.47. The third-order valence-electron chi connectivity index (χ3n) is 5.83. The summed E-state index contributed by atoms with van der Waals surface area (Å²) in [4.78, 5) is 32.5. The quantitative estimate of drug-likeness (QED) is 0.305. The Morgan fingerprint density at radius 1 is 0.892 bits per heavy atom. The normalized spacial score (nSPS) is 14.0. The van der Waals surface area contributed by atoms with Gasteiger partial charge < -0.3 is 10.1 Å². The number of benzene rings is 4. The molecule has 1 aliphatic rings. The van der Waals surface area contributed by atoms with Crippen molar-refractivity contribution in [3.8, 4) is 5.75 Å². The molecule has 0 spiro atoms. The van der Waals surface area contributed by atoms with E-state index in [1.165, 1.54) is 0 Å². The standard InChI is InChI=1S/C30H22ClN3O3/c1-37-25-17-13-23(14-18-25)32-29(35)21-11-15-24(16-12-21)34-28(20-7-3-2-4-8-20)33-27(30(34)36)19-22-9-5-6-10-26(22)31/h2-19H,1H3,(H,32,35)/b27-19-. The van der Waals surface area contributed by atoms with Gasteiger partial charge in [-0.3, -0.25) is 14.5 Å². The fourth-order valence-electron chi connectivity index (χ4n) is 3.92. The molecule has 4 aromatic rings. The molecule has 0 bridgehead atoms. The molecule has 1 aliphatic heterocycles. The van der Waals surface area contributed by atoms with Crippen LogP contribution in [0, 0.1) is 0 Å². The van der Waals surface area contributed by atoms with Gasteiger partial charge in [0.1, 0.15) is 17.3 Å². The van der Waals surface area contributed by atoms with Crippen molar-refractivity contribution >= 4 is 46.7 Å². The molecule has 6 nitrogen and oxygen atoms in total. The predicted octanol–water partition coefficient (Wildman–Crippen LogP) is 6.44. The Kier molecular flexibility index (Phi) is 6.83. The lowest BCUT2D eigenvalue weighted by atomic mass is 10.1. The van der Waals surface area contributed by atoms with E-state index in [1.807, 2.05) is 48.5 Å². The highest BCUT2D eigenvalue weighted by atomic mass is 35.5. The number of carbonyl (C=O) groups is 2. The molecule has 182 valence electrons. The molecule has 2 amide bonds. The topological polar surface area (TPSA) is 71.0 Å². The van der Waals surface area contributed by atoms with Crippen LogP contribution < -0.4 is 15.0 Å². The number of anilines is 2. The van der Waals surface area contributed by atoms with Gasteiger partial charge in [0.25, 0.3) is 11.8 Å². The summed E-state index contributed by atoms with van der Waals surface area (Å²) in [6, 6.07) is 30.7. The van der Waals surface area contributed by atoms with Gasteiger partial charge in [-0.1, -0.05) is 60.1 Å². The molecule has 0 aliphatic carbocycles. The molecule has 0 fully saturated rings. The Balaban J connectivity index is 1.44. The fourth-order valence-corrected chi connectivity index (χ4v) is 4.11. The SMILES string of the molecule is COc1ccc(NC(=O)c2ccc(N3C(=O)/C(=C/c4ccccc4Cl)N=C3c3ccccc3)cc2)cc1. The minimum Gasteiger partial charge on any atom is -0.497 e. The highest BCUT2D eigenvalue weighted by molar-refractivity contribution is 6.34. The fraction of sp³-hybridized carbons (Fsp3) is 0.0333. The van der Waals surface area contributed by atoms with Crippen LogP contribution in [0.3, 0.4) is 0 Å². The maximum Gasteiger partial charge on any atom is 0.282 e. The second-order valence-corrected chi connectivity index (χ2v) is 8.63. The lowest BCUT2D eigenvalue weighted by Gasteiger charge is -2.19. The first-order valence-corrected chi connectivity index (χ1v) is 11.9. The van der Waals surface area contributed by atoms with Crippen molar-refractivity contribution in [1.82, 2.24) is 0 Å². The van der Waals surface area contributed by atoms with Crippen molar-refractivity contribution in [1.29, 1.82) is 0 Å². The zero-order valence-corrected chi connectivity index (χ0v) is 20.6. The summed E-state index contributed by atoms with van der Waals surface area (Å²) in [5.74, 6) is 0.658. The number of amidine groups is 1. The number of hydrogen-bond acceptors (Lipinski definition) is 4. The molecular formula is C30H22ClN3O3. The summed E-state index contributed by atoms with van der Waals surface area (Å²) >= 11 is 6.32. The lowest BCUT2D eigenvalue weighted by molar-refractivity contribution is -0.113. The summed E-state index contributed by atoms with van der Waals surface area (Å²) in [5, 5.41) is 3.39. The number of hydrogen-bond donors (Lipinski definition) is 1. The summed E-state index contributed by atoms with van der Waals surface area (Å²) < 4.78 is 5.15. The van der Waals surface area contributed by atoms with Gasteiger partial charge in [-0.15, -0.1) is 0 Å². The maximum absolute atomic E-state index is 13.5. The number of amides is 2. The third kappa shape index (κ3) is 5.15. The van der Waals surface area contributed by atoms with E-state index >= 15 is 0 Å². The van der Waals surface area contributed by atoms with Crippen LogP contribution in [0.4, 0.5) is 11.4 Å². The zero-order valence-electron chi connectivity index (χ0n) is 19.9. The lowest BCUT2D eigenvalue weighted by Crippen LogP contribution is -2.32. The van der Waals surface area contributed by atoms with Gasteiger partial charge in [-0.05, 0) is 66.2 Å². The second kappa shape index (κ2) is 10.5. The first-order chi connectivity index (χ1) is 18.0. The smallest absolute Gasteiger partial charge is 0.282 e. The highest BCUT2D eigenvalue weighted by Gasteiger charge is 2.32. The Morgan fingerprint density at radius 2 is 1.57 bits per heavy atom. The van der Waals surface area contributed by atoms with Crippen molar-refractivity contribution in [2.24, 2.45) is 4.99 Å². The molecule has 4 aromatic carbocycles. The number of nitrogens with one attached hydrogen (secondary N) is 1. The Hall–Kier alpha value is -4.68. The first kappa shape index (κ1) is 24.0. The van der Waals surface area contributed by atoms with Crippen LogP contribution in [-0.4, -0.2) is 24.8 Å². The predicted molar refractivity (Wildman–Crippen MR) is 147 cm³/mol. The number of nitrogens with zero attached hydrogens (tertiary/aromatic N) is 2. The number of carbonyl (C=O) groups excluding carboxylic acids is 2. The largest absolute Gasteiger partial charge is 0.497 e. The van der Waals surface area contributed by atoms with E-state index in [0.717, 1.165) is 5.56 Å². The molecule has 1 N–H and O–H groups in total. The monoisotopic (exact) mass is 507 g/mol. The van der Waals surface area contributed by atoms with E-state index in [4.69, 9.17) is 16.3 Å². The van der Waals surface area contributed by atoms with Crippen molar-refractivity contribution in [3.63, 3.8) is 0 Å². The average Bonchev–Trinajstić information content (AvgIpc) is 3.26. The van der Waals surface area contributed by atoms with Crippen LogP contribution in [0.2, 0.25) is 5.02 Å². The van der Waals surface area contributed by atoms with E-state index in [2.05, 4.69) is 10.3 Å². The van der Waals surface area contributed by atoms with E-state index in [1.54, 1.807) is 72.7 Å². The Bertz CT molecular complexity index is 1510. The molecule has 0 saturated carbocycles. The number of halogens is 1. The van der Waals surface area contributed by atoms with E-state index < -0.39 is 0 Å². The van der Waals surface area contributed by atoms with Crippen LogP contribution in [0.25, 0.3) is 6.08 Å². The number of ether oxygens (including phenoxy) is 1. The van der Waals surface area contributed by atoms with Crippen molar-refractivity contribution < 1.29 is 14.3 Å². The molecule has 7 heteroatoms. The van der Waals surface area contributed by atoms with Gasteiger partial charge >= 0.3 is 0 Å². The number of methoxy groups -OCH3 is 1. The molecular weight excluding hydrogens is 486 g/mol. The van der Waals surface area contributed by atoms with Crippen molar-refractivity contribution in [2.75, 3.05) is 17.3 Å². The van der Waals surface area contributed by atoms with Gasteiger partial charge in [0, 0.05) is 21.8 Å². The van der Waals surface area contributed by atoms with Gasteiger partial charge in [-0.25, -0.2) is 4.99 Å². The highest BCUT2D eigenvalue weighted by Crippen LogP contribution is 2.29. The van der Waals surface area contributed by atoms with Crippen LogP contribution >= 0.6 is 11.6 Å². The minimum atomic E-state index is -0.283. The molecule has 0 aromatic heterocycles. The Morgan fingerprint density at radius 3 is 2.24 bits per heavy atom. The Labute approximate surface area is 219 Å². The molecule has 0 unspecified atom stereocenters. The summed E-state index contributed by atoms with van der Waals surface area (Å²) in [7, 11) is 1.59. The first-order valence-electron chi connectivity index (χ1n) is 11.5. The molecule has 0 atom stereocenters. The molecule has 5 rings (SSSR count). The van der Waals surface area contributed by atoms with E-state index in [9.17, 15) is 9.59 Å². The summed E-state index contributed by atoms with van der Waals surface area (Å²) in [6.45, 7) is 0. The molecule has 37 heavy (non-hydrogen) atoms.